The van der Waals surface area contributed by atoms with Crippen molar-refractivity contribution in [2.24, 2.45) is 17.0 Å². The van der Waals surface area contributed by atoms with Gasteiger partial charge in [-0.3, -0.25) is 9.59 Å². The second-order valence-corrected chi connectivity index (χ2v) is 17.0. The van der Waals surface area contributed by atoms with E-state index in [0.717, 1.165) is 65.4 Å². The Morgan fingerprint density at radius 2 is 1.50 bits per heavy atom. The average Bonchev–Trinajstić information content (AvgIpc) is 3.34. The molecule has 4 aliphatic heterocycles. The zero-order valence-corrected chi connectivity index (χ0v) is 31.9. The molecule has 7 rings (SSSR count). The van der Waals surface area contributed by atoms with E-state index in [1.807, 2.05) is 55.1 Å². The molecule has 4 N–H and O–H groups in total. The lowest BCUT2D eigenvalue weighted by atomic mass is 9.79. The minimum Gasteiger partial charge on any atom is -0.435 e. The summed E-state index contributed by atoms with van der Waals surface area (Å²) < 4.78 is 31.2. The molecule has 5 heterocycles. The van der Waals surface area contributed by atoms with Gasteiger partial charge < -0.3 is 29.7 Å². The number of nitrogens with two attached hydrogens (primary N) is 1. The fourth-order valence-electron chi connectivity index (χ4n) is 8.93. The second-order valence-electron chi connectivity index (χ2n) is 15.4. The molecule has 0 spiro atoms. The minimum atomic E-state index is -3.70. The van der Waals surface area contributed by atoms with Gasteiger partial charge in [0, 0.05) is 69.5 Å². The van der Waals surface area contributed by atoms with Crippen molar-refractivity contribution < 1.29 is 27.5 Å². The maximum absolute atomic E-state index is 14.4. The molecule has 3 fully saturated rings. The number of urea groups is 1. The summed E-state index contributed by atoms with van der Waals surface area (Å²) in [5, 5.41) is 9.22. The maximum Gasteiger partial charge on any atom is 0.410 e. The normalized spacial score (nSPS) is 20.9. The number of fused-ring (bicyclic) bond motifs is 2. The summed E-state index contributed by atoms with van der Waals surface area (Å²) in [6, 6.07) is 14.8. The number of ether oxygens (including phenoxy) is 1. The second kappa shape index (κ2) is 15.7. The van der Waals surface area contributed by atoms with Crippen LogP contribution in [-0.4, -0.2) is 108 Å². The quantitative estimate of drug-likeness (QED) is 0.324. The van der Waals surface area contributed by atoms with Crippen molar-refractivity contribution in [1.82, 2.24) is 24.0 Å². The number of H-pyrrole nitrogens is 1. The van der Waals surface area contributed by atoms with E-state index in [1.165, 1.54) is 10.4 Å². The van der Waals surface area contributed by atoms with Gasteiger partial charge in [-0.1, -0.05) is 31.2 Å². The van der Waals surface area contributed by atoms with E-state index in [9.17, 15) is 27.6 Å². The molecule has 1 unspecified atom stereocenters. The van der Waals surface area contributed by atoms with Crippen LogP contribution in [0.4, 0.5) is 15.3 Å². The van der Waals surface area contributed by atoms with Crippen LogP contribution in [0.1, 0.15) is 68.1 Å². The summed E-state index contributed by atoms with van der Waals surface area (Å²) in [5.41, 5.74) is 4.13. The largest absolute Gasteiger partial charge is 0.435 e. The van der Waals surface area contributed by atoms with Crippen LogP contribution in [-0.2, 0) is 26.2 Å². The van der Waals surface area contributed by atoms with Gasteiger partial charge in [-0.2, -0.15) is 12.7 Å². The number of benzene rings is 2. The molecule has 290 valence electrons. The number of carbonyl (C=O) groups is 3. The molecule has 3 saturated heterocycles. The van der Waals surface area contributed by atoms with E-state index in [4.69, 9.17) is 9.88 Å². The highest BCUT2D eigenvalue weighted by Gasteiger charge is 2.40. The van der Waals surface area contributed by atoms with Crippen molar-refractivity contribution in [3.63, 3.8) is 0 Å². The Bertz CT molecular complexity index is 2050. The van der Waals surface area contributed by atoms with Crippen LogP contribution in [0.3, 0.4) is 0 Å². The van der Waals surface area contributed by atoms with Crippen LogP contribution < -0.4 is 16.0 Å². The summed E-state index contributed by atoms with van der Waals surface area (Å²) in [5.74, 6) is -0.00875. The summed E-state index contributed by atoms with van der Waals surface area (Å²) >= 11 is 0. The number of pyridine rings is 1. The van der Waals surface area contributed by atoms with E-state index in [-0.39, 0.29) is 23.5 Å². The third kappa shape index (κ3) is 8.13. The van der Waals surface area contributed by atoms with E-state index in [0.29, 0.717) is 70.5 Å². The topological polar surface area (TPSA) is 178 Å². The van der Waals surface area contributed by atoms with Gasteiger partial charge in [-0.05, 0) is 104 Å². The van der Waals surface area contributed by atoms with E-state index in [1.54, 1.807) is 15.9 Å². The van der Waals surface area contributed by atoms with E-state index < -0.39 is 28.3 Å². The van der Waals surface area contributed by atoms with E-state index in [2.05, 4.69) is 10.3 Å². The summed E-state index contributed by atoms with van der Waals surface area (Å²) in [6.45, 7) is 7.05. The Labute approximate surface area is 316 Å². The van der Waals surface area contributed by atoms with Crippen LogP contribution in [0.25, 0.3) is 10.9 Å². The first kappa shape index (κ1) is 37.8. The molecule has 2 atom stereocenters. The van der Waals surface area contributed by atoms with Crippen molar-refractivity contribution in [3.05, 3.63) is 75.6 Å². The van der Waals surface area contributed by atoms with Gasteiger partial charge in [0.15, 0.2) is 6.10 Å². The number of likely N-dealkylation sites (tertiary alicyclic amines) is 2. The molecule has 0 radical (unpaired) electrons. The van der Waals surface area contributed by atoms with Crippen LogP contribution in [0.5, 0.6) is 0 Å². The highest BCUT2D eigenvalue weighted by atomic mass is 32.2. The number of anilines is 1. The molecule has 4 amide bonds. The van der Waals surface area contributed by atoms with Gasteiger partial charge in [0.1, 0.15) is 0 Å². The van der Waals surface area contributed by atoms with Crippen molar-refractivity contribution in [3.8, 4) is 0 Å². The third-order valence-electron chi connectivity index (χ3n) is 12.2. The number of carbonyl (C=O) groups excluding carboxylic acids is 3. The Morgan fingerprint density at radius 1 is 0.852 bits per heavy atom. The minimum absolute atomic E-state index is 0.0278. The number of aryl methyl sites for hydroxylation is 1. The first-order chi connectivity index (χ1) is 25.9. The van der Waals surface area contributed by atoms with Crippen LogP contribution in [0, 0.1) is 18.8 Å². The number of hydrogen-bond donors (Lipinski definition) is 3. The molecule has 14 nitrogen and oxygen atoms in total. The van der Waals surface area contributed by atoms with Crippen molar-refractivity contribution in [1.29, 1.82) is 0 Å². The van der Waals surface area contributed by atoms with E-state index >= 15 is 0 Å². The standard InChI is InChI=1S/C39H51N7O7S/c1-25-23-31(24-30-7-8-34(47)42-35(25)30)26(2)36(37(48)43-16-9-27(10-17-43)28-11-20-45(21-12-28)54(40,51)52)53-39(50)44-18-14-32(15-19-44)46-22-13-29-5-3-4-6-33(29)41-38(46)49/h3-8,23-24,26-28,32,36H,9-22H2,1-2H3,(H,41,49)(H,42,47)(H2,40,51,52)/t26-,36?/m1/s1. The van der Waals surface area contributed by atoms with Gasteiger partial charge in [0.05, 0.1) is 5.52 Å². The van der Waals surface area contributed by atoms with Crippen molar-refractivity contribution in [2.45, 2.75) is 76.9 Å². The number of aromatic amines is 1. The Balaban J connectivity index is 1.03. The van der Waals surface area contributed by atoms with Crippen LogP contribution in [0.2, 0.25) is 0 Å². The fourth-order valence-corrected chi connectivity index (χ4v) is 9.65. The maximum atomic E-state index is 14.4. The first-order valence-electron chi connectivity index (χ1n) is 19.2. The first-order valence-corrected chi connectivity index (χ1v) is 20.7. The highest BCUT2D eigenvalue weighted by Crippen LogP contribution is 2.35. The number of para-hydroxylation sites is 1. The predicted molar refractivity (Wildman–Crippen MR) is 205 cm³/mol. The monoisotopic (exact) mass is 761 g/mol. The number of amides is 4. The lowest BCUT2D eigenvalue weighted by Gasteiger charge is -2.41. The molecular weight excluding hydrogens is 711 g/mol. The number of hydrogen-bond acceptors (Lipinski definition) is 7. The highest BCUT2D eigenvalue weighted by molar-refractivity contribution is 7.86. The third-order valence-corrected chi connectivity index (χ3v) is 13.3. The Kier molecular flexibility index (Phi) is 11.0. The lowest BCUT2D eigenvalue weighted by molar-refractivity contribution is -0.143. The van der Waals surface area contributed by atoms with Crippen molar-refractivity contribution >= 4 is 44.8 Å². The molecule has 4 aliphatic rings. The van der Waals surface area contributed by atoms with Gasteiger partial charge in [-0.25, -0.2) is 14.7 Å². The molecule has 0 bridgehead atoms. The molecule has 0 saturated carbocycles. The van der Waals surface area contributed by atoms with Crippen LogP contribution >= 0.6 is 0 Å². The fraction of sp³-hybridized carbons (Fsp3) is 0.538. The van der Waals surface area contributed by atoms with Gasteiger partial charge in [0.25, 0.3) is 16.1 Å². The number of aromatic nitrogens is 1. The molecule has 2 aromatic carbocycles. The van der Waals surface area contributed by atoms with Gasteiger partial charge in [0.2, 0.25) is 5.56 Å². The smallest absolute Gasteiger partial charge is 0.410 e. The SMILES string of the molecule is Cc1cc([C@@H](C)C(OC(=O)N2CCC(N3CCc4ccccc4NC3=O)CC2)C(=O)N2CCC(C3CCN(S(N)(=O)=O)CC3)CC2)cc2ccc(=O)[nH]c12. The average molecular weight is 762 g/mol. The Hall–Kier alpha value is -4.47. The predicted octanol–water partition coefficient (Wildman–Crippen LogP) is 4.15. The molecule has 54 heavy (non-hydrogen) atoms. The summed E-state index contributed by atoms with van der Waals surface area (Å²) in [6.07, 6.45) is 3.36. The number of nitrogens with zero attached hydrogens (tertiary/aromatic N) is 4. The Morgan fingerprint density at radius 3 is 2.19 bits per heavy atom. The van der Waals surface area contributed by atoms with Crippen LogP contribution in [0.15, 0.2) is 53.3 Å². The lowest BCUT2D eigenvalue weighted by Crippen LogP contribution is -2.52. The number of rotatable bonds is 7. The molecule has 1 aromatic heterocycles. The molecule has 15 heteroatoms. The van der Waals surface area contributed by atoms with Gasteiger partial charge >= 0.3 is 12.1 Å². The summed E-state index contributed by atoms with van der Waals surface area (Å²) in [4.78, 5) is 61.8. The molecule has 3 aromatic rings. The molecular formula is C39H51N7O7S. The van der Waals surface area contributed by atoms with Crippen molar-refractivity contribution in [2.75, 3.05) is 51.1 Å². The molecule has 0 aliphatic carbocycles. The van der Waals surface area contributed by atoms with Gasteiger partial charge in [-0.15, -0.1) is 0 Å². The number of piperidine rings is 3. The summed E-state index contributed by atoms with van der Waals surface area (Å²) in [7, 11) is -3.70. The zero-order chi connectivity index (χ0) is 38.1. The number of nitrogens with one attached hydrogen (secondary N) is 2. The zero-order valence-electron chi connectivity index (χ0n) is 31.0.